The van der Waals surface area contributed by atoms with Crippen molar-refractivity contribution in [2.45, 2.75) is 18.8 Å². The fourth-order valence-corrected chi connectivity index (χ4v) is 2.97. The molecule has 7 nitrogen and oxygen atoms in total. The zero-order chi connectivity index (χ0) is 18.3. The SMILES string of the molecule is N=C1CN(C(=O)c2ccc(F)cc2)CCN1C(=N)c1nc(C2CC2)co1. The highest BCUT2D eigenvalue weighted by Gasteiger charge is 2.32. The first kappa shape index (κ1) is 16.4. The van der Waals surface area contributed by atoms with E-state index >= 15 is 0 Å². The molecule has 2 heterocycles. The predicted molar refractivity (Wildman–Crippen MR) is 92.0 cm³/mol. The van der Waals surface area contributed by atoms with Gasteiger partial charge in [0.2, 0.25) is 0 Å². The van der Waals surface area contributed by atoms with Crippen molar-refractivity contribution in [3.05, 3.63) is 53.5 Å². The minimum Gasteiger partial charge on any atom is -0.442 e. The van der Waals surface area contributed by atoms with E-state index in [1.165, 1.54) is 34.1 Å². The molecule has 26 heavy (non-hydrogen) atoms. The molecule has 134 valence electrons. The Kier molecular flexibility index (Phi) is 4.02. The van der Waals surface area contributed by atoms with Gasteiger partial charge in [0.1, 0.15) is 17.9 Å². The van der Waals surface area contributed by atoms with E-state index in [0.29, 0.717) is 24.6 Å². The number of nitrogens with zero attached hydrogens (tertiary/aromatic N) is 3. The van der Waals surface area contributed by atoms with E-state index in [0.717, 1.165) is 18.5 Å². The van der Waals surface area contributed by atoms with Crippen molar-refractivity contribution in [2.24, 2.45) is 0 Å². The summed E-state index contributed by atoms with van der Waals surface area (Å²) in [5, 5.41) is 16.5. The molecule has 8 heteroatoms. The number of amidine groups is 2. The van der Waals surface area contributed by atoms with Gasteiger partial charge in [-0.25, -0.2) is 9.37 Å². The Labute approximate surface area is 149 Å². The molecule has 1 saturated heterocycles. The molecule has 1 aromatic carbocycles. The number of halogens is 1. The summed E-state index contributed by atoms with van der Waals surface area (Å²) in [7, 11) is 0. The number of rotatable bonds is 3. The van der Waals surface area contributed by atoms with Gasteiger partial charge >= 0.3 is 0 Å². The van der Waals surface area contributed by atoms with Gasteiger partial charge in [-0.05, 0) is 37.1 Å². The number of benzene rings is 1. The molecule has 4 rings (SSSR count). The van der Waals surface area contributed by atoms with Crippen molar-refractivity contribution in [1.82, 2.24) is 14.8 Å². The van der Waals surface area contributed by atoms with E-state index in [9.17, 15) is 9.18 Å². The van der Waals surface area contributed by atoms with E-state index in [1.54, 1.807) is 6.26 Å². The van der Waals surface area contributed by atoms with Crippen LogP contribution in [0.2, 0.25) is 0 Å². The van der Waals surface area contributed by atoms with Crippen LogP contribution in [0, 0.1) is 16.6 Å². The Hall–Kier alpha value is -3.03. The van der Waals surface area contributed by atoms with E-state index < -0.39 is 5.82 Å². The van der Waals surface area contributed by atoms with Crippen molar-refractivity contribution >= 4 is 17.6 Å². The average Bonchev–Trinajstić information content (AvgIpc) is 3.38. The second-order valence-corrected chi connectivity index (χ2v) is 6.53. The molecule has 1 saturated carbocycles. The number of hydrogen-bond donors (Lipinski definition) is 2. The first-order valence-corrected chi connectivity index (χ1v) is 8.47. The molecule has 0 spiro atoms. The van der Waals surface area contributed by atoms with Crippen LogP contribution in [-0.4, -0.2) is 52.0 Å². The first-order chi connectivity index (χ1) is 12.5. The highest BCUT2D eigenvalue weighted by atomic mass is 19.1. The molecule has 2 aromatic rings. The third-order valence-electron chi connectivity index (χ3n) is 4.63. The molecule has 0 radical (unpaired) electrons. The fraction of sp³-hybridized carbons (Fsp3) is 0.333. The van der Waals surface area contributed by atoms with Gasteiger partial charge in [0.15, 0.2) is 5.84 Å². The first-order valence-electron chi connectivity index (χ1n) is 8.47. The van der Waals surface area contributed by atoms with Crippen molar-refractivity contribution in [3.8, 4) is 0 Å². The lowest BCUT2D eigenvalue weighted by Crippen LogP contribution is -2.54. The monoisotopic (exact) mass is 355 g/mol. The average molecular weight is 355 g/mol. The topological polar surface area (TPSA) is 97.3 Å². The molecule has 0 bridgehead atoms. The molecule has 1 amide bonds. The third-order valence-corrected chi connectivity index (χ3v) is 4.63. The minimum atomic E-state index is -0.399. The summed E-state index contributed by atoms with van der Waals surface area (Å²) >= 11 is 0. The zero-order valence-electron chi connectivity index (χ0n) is 14.0. The summed E-state index contributed by atoms with van der Waals surface area (Å²) in [6.45, 7) is 0.748. The third kappa shape index (κ3) is 3.10. The van der Waals surface area contributed by atoms with Crippen molar-refractivity contribution in [3.63, 3.8) is 0 Å². The Morgan fingerprint density at radius 3 is 2.62 bits per heavy atom. The quantitative estimate of drug-likeness (QED) is 0.653. The standard InChI is InChI=1S/C18H18FN5O2/c19-13-5-3-12(4-6-13)18(25)23-7-8-24(15(20)9-23)16(21)17-22-14(10-26-17)11-1-2-11/h3-6,10-11,20-21H,1-2,7-9H2. The molecule has 1 aliphatic heterocycles. The minimum absolute atomic E-state index is 0.0378. The summed E-state index contributed by atoms with van der Waals surface area (Å²) in [5.74, 6) is 0.149. The summed E-state index contributed by atoms with van der Waals surface area (Å²) in [5.41, 5.74) is 1.24. The molecule has 1 aromatic heterocycles. The van der Waals surface area contributed by atoms with Crippen LogP contribution in [0.25, 0.3) is 0 Å². The summed E-state index contributed by atoms with van der Waals surface area (Å²) < 4.78 is 18.4. The van der Waals surface area contributed by atoms with Crippen LogP contribution in [0.15, 0.2) is 34.9 Å². The highest BCUT2D eigenvalue weighted by molar-refractivity contribution is 6.07. The number of piperazine rings is 1. The van der Waals surface area contributed by atoms with Gasteiger partial charge in [-0.1, -0.05) is 0 Å². The van der Waals surface area contributed by atoms with Gasteiger partial charge in [-0.2, -0.15) is 0 Å². The number of hydrogen-bond acceptors (Lipinski definition) is 5. The van der Waals surface area contributed by atoms with Crippen molar-refractivity contribution < 1.29 is 13.6 Å². The van der Waals surface area contributed by atoms with Crippen LogP contribution >= 0.6 is 0 Å². The maximum atomic E-state index is 13.0. The van der Waals surface area contributed by atoms with Crippen LogP contribution < -0.4 is 0 Å². The molecular formula is C18H18FN5O2. The number of oxazole rings is 1. The van der Waals surface area contributed by atoms with Crippen LogP contribution in [-0.2, 0) is 0 Å². The van der Waals surface area contributed by atoms with E-state index in [4.69, 9.17) is 15.2 Å². The zero-order valence-corrected chi connectivity index (χ0v) is 14.0. The predicted octanol–water partition coefficient (Wildman–Crippen LogP) is 2.45. The lowest BCUT2D eigenvalue weighted by molar-refractivity contribution is 0.0757. The Morgan fingerprint density at radius 2 is 1.96 bits per heavy atom. The van der Waals surface area contributed by atoms with E-state index in [1.807, 2.05) is 0 Å². The number of aromatic nitrogens is 1. The van der Waals surface area contributed by atoms with E-state index in [-0.39, 0.29) is 30.0 Å². The summed E-state index contributed by atoms with van der Waals surface area (Å²) in [6.07, 6.45) is 3.78. The van der Waals surface area contributed by atoms with Crippen molar-refractivity contribution in [2.75, 3.05) is 19.6 Å². The van der Waals surface area contributed by atoms with Gasteiger partial charge in [0.25, 0.3) is 11.8 Å². The summed E-state index contributed by atoms with van der Waals surface area (Å²) in [4.78, 5) is 19.9. The van der Waals surface area contributed by atoms with Gasteiger partial charge in [0, 0.05) is 24.6 Å². The fourth-order valence-electron chi connectivity index (χ4n) is 2.97. The number of nitrogens with one attached hydrogen (secondary N) is 2. The maximum Gasteiger partial charge on any atom is 0.262 e. The molecular weight excluding hydrogens is 337 g/mol. The molecule has 1 aliphatic carbocycles. The van der Waals surface area contributed by atoms with Crippen LogP contribution in [0.3, 0.4) is 0 Å². The summed E-state index contributed by atoms with van der Waals surface area (Å²) in [6, 6.07) is 5.35. The molecule has 2 aliphatic rings. The Bertz CT molecular complexity index is 872. The van der Waals surface area contributed by atoms with Crippen LogP contribution in [0.4, 0.5) is 4.39 Å². The van der Waals surface area contributed by atoms with Gasteiger partial charge in [-0.3, -0.25) is 15.6 Å². The lowest BCUT2D eigenvalue weighted by atomic mass is 10.1. The van der Waals surface area contributed by atoms with Gasteiger partial charge in [0.05, 0.1) is 12.2 Å². The Morgan fingerprint density at radius 1 is 1.23 bits per heavy atom. The largest absolute Gasteiger partial charge is 0.442 e. The van der Waals surface area contributed by atoms with Crippen LogP contribution in [0.5, 0.6) is 0 Å². The smallest absolute Gasteiger partial charge is 0.262 e. The van der Waals surface area contributed by atoms with Gasteiger partial charge in [-0.15, -0.1) is 0 Å². The van der Waals surface area contributed by atoms with Gasteiger partial charge < -0.3 is 14.2 Å². The second-order valence-electron chi connectivity index (χ2n) is 6.53. The molecule has 0 atom stereocenters. The lowest BCUT2D eigenvalue weighted by Gasteiger charge is -2.35. The van der Waals surface area contributed by atoms with Crippen molar-refractivity contribution in [1.29, 1.82) is 10.8 Å². The molecule has 2 fully saturated rings. The second kappa shape index (κ2) is 6.36. The normalized spacial score (nSPS) is 17.5. The number of carbonyl (C=O) groups is 1. The Balaban J connectivity index is 1.42. The van der Waals surface area contributed by atoms with Crippen LogP contribution in [0.1, 0.15) is 40.7 Å². The molecule has 0 unspecified atom stereocenters. The number of carbonyl (C=O) groups excluding carboxylic acids is 1. The number of amides is 1. The molecule has 2 N–H and O–H groups in total. The highest BCUT2D eigenvalue weighted by Crippen LogP contribution is 2.39. The van der Waals surface area contributed by atoms with E-state index in [2.05, 4.69) is 4.98 Å². The maximum absolute atomic E-state index is 13.0.